The fraction of sp³-hybridized carbons (Fsp3) is 0.455. The predicted octanol–water partition coefficient (Wildman–Crippen LogP) is -0.0463. The second-order valence-corrected chi connectivity index (χ2v) is 3.97. The second-order valence-electron chi connectivity index (χ2n) is 3.97. The van der Waals surface area contributed by atoms with Crippen molar-refractivity contribution in [3.63, 3.8) is 0 Å². The molecule has 96 valence electrons. The summed E-state index contributed by atoms with van der Waals surface area (Å²) in [6, 6.07) is 0.340. The number of hydrogen-bond acceptors (Lipinski definition) is 6. The Morgan fingerprint density at radius 1 is 1.39 bits per heavy atom. The van der Waals surface area contributed by atoms with Crippen molar-refractivity contribution in [1.82, 2.24) is 15.3 Å². The molecule has 1 heterocycles. The number of aromatic nitrogens is 2. The average molecular weight is 250 g/mol. The first-order valence-corrected chi connectivity index (χ1v) is 5.62. The topological polar surface area (TPSA) is 93.2 Å². The first-order valence-electron chi connectivity index (χ1n) is 5.62. The lowest BCUT2D eigenvalue weighted by Crippen LogP contribution is -2.31. The van der Waals surface area contributed by atoms with Crippen molar-refractivity contribution in [2.24, 2.45) is 0 Å². The molecule has 2 N–H and O–H groups in total. The van der Waals surface area contributed by atoms with Crippen LogP contribution in [0.2, 0.25) is 0 Å². The van der Waals surface area contributed by atoms with Gasteiger partial charge >= 0.3 is 5.97 Å². The van der Waals surface area contributed by atoms with Gasteiger partial charge < -0.3 is 15.4 Å². The van der Waals surface area contributed by atoms with Crippen molar-refractivity contribution in [2.45, 2.75) is 18.9 Å². The quantitative estimate of drug-likeness (QED) is 0.712. The van der Waals surface area contributed by atoms with Crippen molar-refractivity contribution >= 4 is 17.7 Å². The number of carbonyl (C=O) groups is 2. The van der Waals surface area contributed by atoms with Gasteiger partial charge in [-0.1, -0.05) is 0 Å². The highest BCUT2D eigenvalue weighted by Crippen LogP contribution is 2.18. The number of rotatable bonds is 5. The number of esters is 1. The number of anilines is 1. The molecule has 0 atom stereocenters. The molecule has 1 aromatic rings. The van der Waals surface area contributed by atoms with Crippen molar-refractivity contribution in [1.29, 1.82) is 0 Å². The summed E-state index contributed by atoms with van der Waals surface area (Å²) < 4.78 is 4.50. The number of nitrogens with one attached hydrogen (secondary N) is 2. The zero-order valence-electron chi connectivity index (χ0n) is 9.97. The molecule has 1 fully saturated rings. The number of carbonyl (C=O) groups excluding carboxylic acids is 2. The average Bonchev–Trinajstić information content (AvgIpc) is 3.20. The van der Waals surface area contributed by atoms with Crippen LogP contribution in [0, 0.1) is 0 Å². The van der Waals surface area contributed by atoms with E-state index in [2.05, 4.69) is 25.3 Å². The largest absolute Gasteiger partial charge is 0.464 e. The molecule has 0 saturated heterocycles. The number of nitrogens with zero attached hydrogens (tertiary/aromatic N) is 2. The Bertz CT molecular complexity index is 442. The Labute approximate surface area is 104 Å². The minimum absolute atomic E-state index is 0.0728. The highest BCUT2D eigenvalue weighted by Gasteiger charge is 2.22. The highest BCUT2D eigenvalue weighted by atomic mass is 16.5. The smallest absolute Gasteiger partial charge is 0.358 e. The lowest BCUT2D eigenvalue weighted by atomic mass is 10.4. The summed E-state index contributed by atoms with van der Waals surface area (Å²) in [7, 11) is 1.28. The Hall–Kier alpha value is -2.18. The van der Waals surface area contributed by atoms with Gasteiger partial charge in [0.15, 0.2) is 5.69 Å². The molecule has 0 unspecified atom stereocenters. The standard InChI is InChI=1S/C11H14N4O3/c1-18-11(17)8-4-13-9(5-12-8)14-6-10(16)15-7-2-3-7/h4-5,7H,2-3,6H2,1H3,(H,13,14)(H,15,16). The third kappa shape index (κ3) is 3.41. The van der Waals surface area contributed by atoms with E-state index in [-0.39, 0.29) is 18.1 Å². The molecule has 1 aliphatic carbocycles. The van der Waals surface area contributed by atoms with E-state index in [0.29, 0.717) is 11.9 Å². The lowest BCUT2D eigenvalue weighted by molar-refractivity contribution is -0.119. The van der Waals surface area contributed by atoms with Crippen LogP contribution in [0.3, 0.4) is 0 Å². The minimum atomic E-state index is -0.541. The number of amides is 1. The van der Waals surface area contributed by atoms with Crippen LogP contribution in [-0.4, -0.2) is 41.5 Å². The monoisotopic (exact) mass is 250 g/mol. The highest BCUT2D eigenvalue weighted by molar-refractivity contribution is 5.86. The van der Waals surface area contributed by atoms with Crippen LogP contribution in [0.1, 0.15) is 23.3 Å². The zero-order valence-corrected chi connectivity index (χ0v) is 9.97. The number of hydrogen-bond donors (Lipinski definition) is 2. The predicted molar refractivity (Wildman–Crippen MR) is 63.0 cm³/mol. The van der Waals surface area contributed by atoms with E-state index in [1.165, 1.54) is 19.5 Å². The maximum Gasteiger partial charge on any atom is 0.358 e. The van der Waals surface area contributed by atoms with Crippen LogP contribution in [0.15, 0.2) is 12.4 Å². The molecule has 18 heavy (non-hydrogen) atoms. The van der Waals surface area contributed by atoms with Crippen LogP contribution in [0.5, 0.6) is 0 Å². The van der Waals surface area contributed by atoms with Gasteiger partial charge in [0.2, 0.25) is 5.91 Å². The van der Waals surface area contributed by atoms with Gasteiger partial charge in [0.05, 0.1) is 26.0 Å². The molecule has 0 aliphatic heterocycles. The summed E-state index contributed by atoms with van der Waals surface area (Å²) in [5, 5.41) is 5.66. The maximum absolute atomic E-state index is 11.4. The van der Waals surface area contributed by atoms with E-state index >= 15 is 0 Å². The zero-order chi connectivity index (χ0) is 13.0. The second kappa shape index (κ2) is 5.44. The van der Waals surface area contributed by atoms with Gasteiger partial charge in [-0.3, -0.25) is 4.79 Å². The Balaban J connectivity index is 1.81. The molecule has 2 rings (SSSR count). The molecule has 0 bridgehead atoms. The molecule has 1 aromatic heterocycles. The fourth-order valence-corrected chi connectivity index (χ4v) is 1.31. The summed E-state index contributed by atoms with van der Waals surface area (Å²) >= 11 is 0. The van der Waals surface area contributed by atoms with Crippen LogP contribution >= 0.6 is 0 Å². The van der Waals surface area contributed by atoms with E-state index in [4.69, 9.17) is 0 Å². The van der Waals surface area contributed by atoms with Gasteiger partial charge in [0.1, 0.15) is 5.82 Å². The molecule has 0 spiro atoms. The summed E-state index contributed by atoms with van der Waals surface area (Å²) in [6.45, 7) is 0.142. The molecular formula is C11H14N4O3. The van der Waals surface area contributed by atoms with Gasteiger partial charge in [0.25, 0.3) is 0 Å². The number of ether oxygens (including phenoxy) is 1. The maximum atomic E-state index is 11.4. The Morgan fingerprint density at radius 3 is 2.72 bits per heavy atom. The first kappa shape index (κ1) is 12.3. The van der Waals surface area contributed by atoms with Crippen LogP contribution in [0.25, 0.3) is 0 Å². The molecule has 7 heteroatoms. The van der Waals surface area contributed by atoms with Crippen molar-refractivity contribution in [2.75, 3.05) is 19.0 Å². The molecule has 0 radical (unpaired) electrons. The molecule has 0 aromatic carbocycles. The lowest BCUT2D eigenvalue weighted by Gasteiger charge is -2.06. The van der Waals surface area contributed by atoms with Gasteiger partial charge in [0, 0.05) is 6.04 Å². The SMILES string of the molecule is COC(=O)c1cnc(NCC(=O)NC2CC2)cn1. The van der Waals surface area contributed by atoms with E-state index < -0.39 is 5.97 Å². The third-order valence-corrected chi connectivity index (χ3v) is 2.42. The fourth-order valence-electron chi connectivity index (χ4n) is 1.31. The Morgan fingerprint density at radius 2 is 2.17 bits per heavy atom. The van der Waals surface area contributed by atoms with Crippen molar-refractivity contribution in [3.8, 4) is 0 Å². The molecule has 7 nitrogen and oxygen atoms in total. The molecular weight excluding hydrogens is 236 g/mol. The third-order valence-electron chi connectivity index (χ3n) is 2.42. The normalized spacial score (nSPS) is 13.8. The minimum Gasteiger partial charge on any atom is -0.464 e. The van der Waals surface area contributed by atoms with Crippen molar-refractivity contribution in [3.05, 3.63) is 18.1 Å². The van der Waals surface area contributed by atoms with E-state index in [9.17, 15) is 9.59 Å². The van der Waals surface area contributed by atoms with Gasteiger partial charge in [-0.15, -0.1) is 0 Å². The van der Waals surface area contributed by atoms with E-state index in [1.807, 2.05) is 0 Å². The molecule has 1 amide bonds. The molecule has 1 saturated carbocycles. The first-order chi connectivity index (χ1) is 8.69. The van der Waals surface area contributed by atoms with Gasteiger partial charge in [-0.2, -0.15) is 0 Å². The van der Waals surface area contributed by atoms with Gasteiger partial charge in [-0.05, 0) is 12.8 Å². The summed E-state index contributed by atoms with van der Waals surface area (Å²) in [5.41, 5.74) is 0.130. The van der Waals surface area contributed by atoms with E-state index in [0.717, 1.165) is 12.8 Å². The van der Waals surface area contributed by atoms with E-state index in [1.54, 1.807) is 0 Å². The summed E-state index contributed by atoms with van der Waals surface area (Å²) in [4.78, 5) is 30.3. The van der Waals surface area contributed by atoms with Gasteiger partial charge in [-0.25, -0.2) is 14.8 Å². The van der Waals surface area contributed by atoms with Crippen LogP contribution in [0.4, 0.5) is 5.82 Å². The summed E-state index contributed by atoms with van der Waals surface area (Å²) in [6.07, 6.45) is 4.79. The molecule has 1 aliphatic rings. The number of methoxy groups -OCH3 is 1. The van der Waals surface area contributed by atoms with Crippen LogP contribution < -0.4 is 10.6 Å². The summed E-state index contributed by atoms with van der Waals surface area (Å²) in [5.74, 6) is -0.175. The van der Waals surface area contributed by atoms with Crippen LogP contribution in [-0.2, 0) is 9.53 Å². The Kier molecular flexibility index (Phi) is 3.71. The van der Waals surface area contributed by atoms with Crippen molar-refractivity contribution < 1.29 is 14.3 Å².